The maximum Gasteiger partial charge on any atom is 0.222 e. The number of hydrogen-bond acceptors (Lipinski definition) is 4. The molecule has 5 nitrogen and oxygen atoms in total. The molecule has 0 saturated carbocycles. The Labute approximate surface area is 162 Å². The number of aromatic nitrogens is 1. The van der Waals surface area contributed by atoms with Crippen molar-refractivity contribution in [2.24, 2.45) is 5.92 Å². The zero-order valence-corrected chi connectivity index (χ0v) is 16.3. The number of carbonyl (C=O) groups excluding carboxylic acids is 1. The van der Waals surface area contributed by atoms with E-state index < -0.39 is 0 Å². The molecule has 0 radical (unpaired) electrons. The van der Waals surface area contributed by atoms with E-state index in [0.29, 0.717) is 18.9 Å². The summed E-state index contributed by atoms with van der Waals surface area (Å²) in [4.78, 5) is 21.2. The molecule has 27 heavy (non-hydrogen) atoms. The van der Waals surface area contributed by atoms with Gasteiger partial charge in [-0.15, -0.1) is 0 Å². The van der Waals surface area contributed by atoms with Crippen LogP contribution in [0.2, 0.25) is 0 Å². The zero-order chi connectivity index (χ0) is 19.1. The van der Waals surface area contributed by atoms with Gasteiger partial charge in [0.1, 0.15) is 5.75 Å². The first-order valence-corrected chi connectivity index (χ1v) is 9.80. The third kappa shape index (κ3) is 5.46. The summed E-state index contributed by atoms with van der Waals surface area (Å²) < 4.78 is 5.53. The summed E-state index contributed by atoms with van der Waals surface area (Å²) in [6, 6.07) is 12.2. The fourth-order valence-electron chi connectivity index (χ4n) is 3.57. The van der Waals surface area contributed by atoms with Gasteiger partial charge in [0.2, 0.25) is 5.91 Å². The average Bonchev–Trinajstić information content (AvgIpc) is 2.89. The Kier molecular flexibility index (Phi) is 6.69. The van der Waals surface area contributed by atoms with Crippen molar-refractivity contribution >= 4 is 11.6 Å². The Morgan fingerprint density at radius 3 is 2.70 bits per heavy atom. The van der Waals surface area contributed by atoms with Crippen LogP contribution in [-0.4, -0.2) is 48.6 Å². The topological polar surface area (TPSA) is 45.7 Å². The average molecular weight is 367 g/mol. The molecule has 0 N–H and O–H groups in total. The van der Waals surface area contributed by atoms with Gasteiger partial charge in [-0.05, 0) is 55.2 Å². The third-order valence-corrected chi connectivity index (χ3v) is 4.92. The summed E-state index contributed by atoms with van der Waals surface area (Å²) in [5, 5.41) is 0. The lowest BCUT2D eigenvalue weighted by molar-refractivity contribution is -0.131. The lowest BCUT2D eigenvalue weighted by Gasteiger charge is -2.24. The highest BCUT2D eigenvalue weighted by Crippen LogP contribution is 2.22. The normalized spacial score (nSPS) is 17.5. The fourth-order valence-corrected chi connectivity index (χ4v) is 3.57. The van der Waals surface area contributed by atoms with Gasteiger partial charge in [-0.3, -0.25) is 9.78 Å². The van der Waals surface area contributed by atoms with Crippen LogP contribution < -0.4 is 9.64 Å². The second kappa shape index (κ2) is 9.40. The Morgan fingerprint density at radius 2 is 2.00 bits per heavy atom. The summed E-state index contributed by atoms with van der Waals surface area (Å²) in [6.07, 6.45) is 4.89. The summed E-state index contributed by atoms with van der Waals surface area (Å²) in [5.41, 5.74) is 2.31. The van der Waals surface area contributed by atoms with Gasteiger partial charge in [-0.1, -0.05) is 13.0 Å². The summed E-state index contributed by atoms with van der Waals surface area (Å²) >= 11 is 0. The van der Waals surface area contributed by atoms with Crippen molar-refractivity contribution < 1.29 is 9.53 Å². The van der Waals surface area contributed by atoms with Crippen LogP contribution in [0.3, 0.4) is 0 Å². The van der Waals surface area contributed by atoms with Crippen molar-refractivity contribution in [3.05, 3.63) is 54.4 Å². The number of aryl methyl sites for hydroxylation is 1. The molecule has 1 atom stereocenters. The van der Waals surface area contributed by atoms with Crippen LogP contribution in [-0.2, 0) is 11.2 Å². The minimum atomic E-state index is 0.235. The van der Waals surface area contributed by atoms with E-state index in [0.717, 1.165) is 43.9 Å². The summed E-state index contributed by atoms with van der Waals surface area (Å²) in [5.74, 6) is 1.57. The Balaban J connectivity index is 1.57. The molecular formula is C22H29N3O2. The van der Waals surface area contributed by atoms with Crippen molar-refractivity contribution in [3.8, 4) is 5.75 Å². The Morgan fingerprint density at radius 1 is 1.19 bits per heavy atom. The second-order valence-corrected chi connectivity index (χ2v) is 7.18. The van der Waals surface area contributed by atoms with Gasteiger partial charge in [0.05, 0.1) is 6.61 Å². The largest absolute Gasteiger partial charge is 0.494 e. The highest BCUT2D eigenvalue weighted by atomic mass is 16.5. The molecule has 0 aliphatic carbocycles. The molecule has 3 rings (SSSR count). The molecule has 2 aromatic rings. The summed E-state index contributed by atoms with van der Waals surface area (Å²) in [7, 11) is 0. The highest BCUT2D eigenvalue weighted by Gasteiger charge is 2.23. The molecule has 144 valence electrons. The van der Waals surface area contributed by atoms with Crippen molar-refractivity contribution in [1.82, 2.24) is 9.88 Å². The maximum atomic E-state index is 12.7. The van der Waals surface area contributed by atoms with E-state index in [1.54, 1.807) is 6.20 Å². The molecule has 1 aromatic heterocycles. The number of hydrogen-bond donors (Lipinski definition) is 0. The molecule has 1 aliphatic heterocycles. The first-order chi connectivity index (χ1) is 13.2. The lowest BCUT2D eigenvalue weighted by atomic mass is 10.1. The van der Waals surface area contributed by atoms with Crippen molar-refractivity contribution in [1.29, 1.82) is 0 Å². The predicted octanol–water partition coefficient (Wildman–Crippen LogP) is 3.40. The quantitative estimate of drug-likeness (QED) is 0.785. The van der Waals surface area contributed by atoms with Gasteiger partial charge in [-0.2, -0.15) is 0 Å². The second-order valence-electron chi connectivity index (χ2n) is 7.18. The molecule has 1 unspecified atom stereocenters. The number of pyridine rings is 1. The van der Waals surface area contributed by atoms with Gasteiger partial charge < -0.3 is 14.5 Å². The van der Waals surface area contributed by atoms with Gasteiger partial charge in [0.15, 0.2) is 0 Å². The van der Waals surface area contributed by atoms with Crippen molar-refractivity contribution in [3.63, 3.8) is 0 Å². The number of anilines is 1. The fraction of sp³-hybridized carbons (Fsp3) is 0.455. The number of nitrogens with zero attached hydrogens (tertiary/aromatic N) is 3. The van der Waals surface area contributed by atoms with Crippen LogP contribution in [0.25, 0.3) is 0 Å². The number of benzene rings is 1. The van der Waals surface area contributed by atoms with Crippen LogP contribution in [0.4, 0.5) is 5.69 Å². The van der Waals surface area contributed by atoms with Crippen LogP contribution >= 0.6 is 0 Å². The minimum Gasteiger partial charge on any atom is -0.494 e. The van der Waals surface area contributed by atoms with Crippen LogP contribution in [0.5, 0.6) is 5.75 Å². The van der Waals surface area contributed by atoms with Crippen molar-refractivity contribution in [2.75, 3.05) is 37.7 Å². The van der Waals surface area contributed by atoms with E-state index in [1.165, 1.54) is 5.69 Å². The molecule has 0 bridgehead atoms. The molecular weight excluding hydrogens is 338 g/mol. The van der Waals surface area contributed by atoms with Crippen LogP contribution in [0, 0.1) is 5.92 Å². The number of amides is 1. The summed E-state index contributed by atoms with van der Waals surface area (Å²) in [6.45, 7) is 8.29. The number of carbonyl (C=O) groups is 1. The monoisotopic (exact) mass is 367 g/mol. The van der Waals surface area contributed by atoms with E-state index in [-0.39, 0.29) is 5.91 Å². The van der Waals surface area contributed by atoms with E-state index in [1.807, 2.05) is 42.3 Å². The Hall–Kier alpha value is -2.56. The third-order valence-electron chi connectivity index (χ3n) is 4.92. The molecule has 0 spiro atoms. The van der Waals surface area contributed by atoms with Gasteiger partial charge >= 0.3 is 0 Å². The van der Waals surface area contributed by atoms with E-state index in [2.05, 4.69) is 28.9 Å². The SMILES string of the molecule is CCOc1ccc(N2CCN(C(=O)CCc3cccnc3)CC(C)C2)cc1. The van der Waals surface area contributed by atoms with Crippen LogP contribution in [0.1, 0.15) is 25.8 Å². The predicted molar refractivity (Wildman–Crippen MR) is 108 cm³/mol. The van der Waals surface area contributed by atoms with E-state index in [9.17, 15) is 4.79 Å². The van der Waals surface area contributed by atoms with Crippen LogP contribution in [0.15, 0.2) is 48.8 Å². The standard InChI is InChI=1S/C22H29N3O2/c1-3-27-21-9-7-20(8-10-21)24-13-14-25(17-18(2)16-24)22(26)11-6-19-5-4-12-23-15-19/h4-5,7-10,12,15,18H,3,6,11,13-14,16-17H2,1-2H3. The number of rotatable bonds is 6. The first kappa shape index (κ1) is 19.2. The molecule has 2 heterocycles. The smallest absolute Gasteiger partial charge is 0.222 e. The Bertz CT molecular complexity index is 718. The molecule has 1 fully saturated rings. The van der Waals surface area contributed by atoms with Gasteiger partial charge in [0.25, 0.3) is 0 Å². The molecule has 1 aliphatic rings. The molecule has 1 aromatic carbocycles. The van der Waals surface area contributed by atoms with Crippen molar-refractivity contribution in [2.45, 2.75) is 26.7 Å². The lowest BCUT2D eigenvalue weighted by Crippen LogP contribution is -2.36. The molecule has 1 amide bonds. The minimum absolute atomic E-state index is 0.235. The van der Waals surface area contributed by atoms with Gasteiger partial charge in [0, 0.05) is 50.7 Å². The zero-order valence-electron chi connectivity index (χ0n) is 16.3. The molecule has 5 heteroatoms. The number of ether oxygens (including phenoxy) is 1. The highest BCUT2D eigenvalue weighted by molar-refractivity contribution is 5.76. The van der Waals surface area contributed by atoms with Gasteiger partial charge in [-0.25, -0.2) is 0 Å². The van der Waals surface area contributed by atoms with E-state index >= 15 is 0 Å². The maximum absolute atomic E-state index is 12.7. The molecule has 1 saturated heterocycles. The first-order valence-electron chi connectivity index (χ1n) is 9.80. The van der Waals surface area contributed by atoms with E-state index in [4.69, 9.17) is 4.74 Å².